The van der Waals surface area contributed by atoms with Crippen LogP contribution in [0.25, 0.3) is 0 Å². The van der Waals surface area contributed by atoms with Crippen LogP contribution in [0.4, 0.5) is 0 Å². The largest absolute Gasteiger partial charge is 0.365 e. The van der Waals surface area contributed by atoms with Crippen LogP contribution < -0.4 is 11.5 Å². The summed E-state index contributed by atoms with van der Waals surface area (Å²) in [6.45, 7) is 0. The maximum absolute atomic E-state index is 10.5. The van der Waals surface area contributed by atoms with E-state index in [0.717, 1.165) is 25.7 Å². The molecule has 0 spiro atoms. The normalized spacial score (nSPS) is 9.75. The van der Waals surface area contributed by atoms with E-state index in [1.165, 1.54) is 0 Å². The highest BCUT2D eigenvalue weighted by molar-refractivity contribution is 6.37. The molecule has 0 unspecified atom stereocenters. The van der Waals surface area contributed by atoms with Crippen LogP contribution in [0.3, 0.4) is 0 Å². The fourth-order valence-corrected chi connectivity index (χ4v) is 1.20. The fraction of sp³-hybridized carbons (Fsp3) is 0.600. The lowest BCUT2D eigenvalue weighted by atomic mass is 10.1. The Morgan fingerprint density at radius 3 is 1.31 bits per heavy atom. The van der Waals surface area contributed by atoms with Gasteiger partial charge in [0.2, 0.25) is 0 Å². The molecule has 0 aromatic heterocycles. The average molecular weight is 226 g/mol. The molecule has 0 aliphatic rings. The van der Waals surface area contributed by atoms with Gasteiger partial charge in [-0.15, -0.1) is 0 Å². The summed E-state index contributed by atoms with van der Waals surface area (Å²) in [4.78, 5) is 21.0. The van der Waals surface area contributed by atoms with Crippen molar-refractivity contribution < 1.29 is 9.59 Å². The molecule has 0 bridgehead atoms. The van der Waals surface area contributed by atoms with Gasteiger partial charge in [0.25, 0.3) is 11.8 Å². The molecule has 0 saturated heterocycles. The van der Waals surface area contributed by atoms with E-state index < -0.39 is 11.8 Å². The Hall–Kier alpha value is -1.72. The summed E-state index contributed by atoms with van der Waals surface area (Å²) >= 11 is 0. The number of nitrogens with one attached hydrogen (secondary N) is 2. The summed E-state index contributed by atoms with van der Waals surface area (Å²) in [7, 11) is 0. The van der Waals surface area contributed by atoms with Crippen molar-refractivity contribution in [3.63, 3.8) is 0 Å². The van der Waals surface area contributed by atoms with Gasteiger partial charge in [0.15, 0.2) is 0 Å². The van der Waals surface area contributed by atoms with Crippen LogP contribution >= 0.6 is 0 Å². The number of carbonyl (C=O) groups is 2. The van der Waals surface area contributed by atoms with Gasteiger partial charge >= 0.3 is 0 Å². The van der Waals surface area contributed by atoms with Crippen molar-refractivity contribution in [1.29, 1.82) is 10.8 Å². The Kier molecular flexibility index (Phi) is 6.74. The monoisotopic (exact) mass is 226 g/mol. The zero-order valence-electron chi connectivity index (χ0n) is 9.21. The lowest BCUT2D eigenvalue weighted by Crippen LogP contribution is -2.22. The predicted octanol–water partition coefficient (Wildman–Crippen LogP) is 0.337. The van der Waals surface area contributed by atoms with Crippen LogP contribution in [-0.2, 0) is 9.59 Å². The van der Waals surface area contributed by atoms with Crippen LogP contribution in [0.5, 0.6) is 0 Å². The Morgan fingerprint density at radius 1 is 0.750 bits per heavy atom. The van der Waals surface area contributed by atoms with Crippen molar-refractivity contribution in [3.05, 3.63) is 0 Å². The topological polar surface area (TPSA) is 134 Å². The molecule has 0 heterocycles. The molecule has 6 heteroatoms. The lowest BCUT2D eigenvalue weighted by Gasteiger charge is -2.01. The number of amides is 2. The highest BCUT2D eigenvalue weighted by atomic mass is 16.1. The first-order valence-electron chi connectivity index (χ1n) is 5.19. The van der Waals surface area contributed by atoms with Crippen LogP contribution in [0.2, 0.25) is 0 Å². The average Bonchev–Trinajstić information content (AvgIpc) is 2.21. The Bertz CT molecular complexity index is 269. The van der Waals surface area contributed by atoms with Crippen LogP contribution in [0.1, 0.15) is 38.5 Å². The highest BCUT2D eigenvalue weighted by Gasteiger charge is 2.05. The molecule has 0 atom stereocenters. The Morgan fingerprint density at radius 2 is 1.06 bits per heavy atom. The first kappa shape index (κ1) is 14.3. The van der Waals surface area contributed by atoms with Gasteiger partial charge in [-0.25, -0.2) is 0 Å². The summed E-state index contributed by atoms with van der Waals surface area (Å²) in [6.07, 6.45) is 3.94. The minimum Gasteiger partial charge on any atom is -0.365 e. The minimum absolute atomic E-state index is 0.0510. The van der Waals surface area contributed by atoms with Crippen LogP contribution in [-0.4, -0.2) is 23.2 Å². The second-order valence-corrected chi connectivity index (χ2v) is 3.60. The third-order valence-electron chi connectivity index (χ3n) is 2.20. The molecule has 90 valence electrons. The molecule has 0 aromatic rings. The summed E-state index contributed by atoms with van der Waals surface area (Å²) in [5.41, 5.74) is 9.71. The van der Waals surface area contributed by atoms with Crippen LogP contribution in [0, 0.1) is 10.8 Å². The van der Waals surface area contributed by atoms with E-state index >= 15 is 0 Å². The Balaban J connectivity index is 3.41. The molecular weight excluding hydrogens is 208 g/mol. The van der Waals surface area contributed by atoms with E-state index in [-0.39, 0.29) is 11.4 Å². The van der Waals surface area contributed by atoms with E-state index in [9.17, 15) is 9.59 Å². The smallest absolute Gasteiger partial charge is 0.262 e. The fourth-order valence-electron chi connectivity index (χ4n) is 1.20. The molecule has 0 fully saturated rings. The molecule has 2 amide bonds. The summed E-state index contributed by atoms with van der Waals surface area (Å²) in [6, 6.07) is 0. The molecule has 0 radical (unpaired) electrons. The van der Waals surface area contributed by atoms with Gasteiger partial charge in [-0.05, 0) is 25.7 Å². The predicted molar refractivity (Wildman–Crippen MR) is 61.5 cm³/mol. The summed E-state index contributed by atoms with van der Waals surface area (Å²) in [5, 5.41) is 14.4. The third kappa shape index (κ3) is 6.69. The van der Waals surface area contributed by atoms with Gasteiger partial charge in [0.05, 0.1) is 11.4 Å². The zero-order chi connectivity index (χ0) is 12.6. The van der Waals surface area contributed by atoms with Gasteiger partial charge in [-0.2, -0.15) is 0 Å². The van der Waals surface area contributed by atoms with E-state index in [1.807, 2.05) is 0 Å². The lowest BCUT2D eigenvalue weighted by molar-refractivity contribution is -0.113. The summed E-state index contributed by atoms with van der Waals surface area (Å²) < 4.78 is 0. The summed E-state index contributed by atoms with van der Waals surface area (Å²) in [5.74, 6) is -1.34. The second-order valence-electron chi connectivity index (χ2n) is 3.60. The van der Waals surface area contributed by atoms with E-state index in [2.05, 4.69) is 0 Å². The molecular formula is C10H18N4O2. The van der Waals surface area contributed by atoms with Gasteiger partial charge in [0.1, 0.15) is 0 Å². The minimum atomic E-state index is -0.671. The number of unbranched alkanes of at least 4 members (excludes halogenated alkanes) is 3. The molecule has 0 aliphatic carbocycles. The van der Waals surface area contributed by atoms with E-state index in [4.69, 9.17) is 22.3 Å². The van der Waals surface area contributed by atoms with Crippen molar-refractivity contribution in [2.75, 3.05) is 0 Å². The second kappa shape index (κ2) is 7.56. The maximum atomic E-state index is 10.5. The van der Waals surface area contributed by atoms with Gasteiger partial charge in [-0.3, -0.25) is 20.4 Å². The Labute approximate surface area is 94.4 Å². The van der Waals surface area contributed by atoms with E-state index in [0.29, 0.717) is 12.8 Å². The number of primary amides is 2. The standard InChI is InChI=1S/C10H18N4O2/c11-7(9(13)15)5-3-1-2-4-6-8(12)10(14)16/h11-12H,1-6H2,(H2,13,15)(H2,14,16). The molecule has 6 N–H and O–H groups in total. The third-order valence-corrected chi connectivity index (χ3v) is 2.20. The van der Waals surface area contributed by atoms with Crippen molar-refractivity contribution in [2.45, 2.75) is 38.5 Å². The van der Waals surface area contributed by atoms with Crippen molar-refractivity contribution in [1.82, 2.24) is 0 Å². The van der Waals surface area contributed by atoms with Gasteiger partial charge in [-0.1, -0.05) is 12.8 Å². The number of hydrogen-bond acceptors (Lipinski definition) is 4. The zero-order valence-corrected chi connectivity index (χ0v) is 9.21. The molecule has 16 heavy (non-hydrogen) atoms. The maximum Gasteiger partial charge on any atom is 0.262 e. The molecule has 6 nitrogen and oxygen atoms in total. The number of carbonyl (C=O) groups excluding carboxylic acids is 2. The highest BCUT2D eigenvalue weighted by Crippen LogP contribution is 2.06. The molecule has 0 aromatic carbocycles. The van der Waals surface area contributed by atoms with Crippen molar-refractivity contribution in [2.24, 2.45) is 11.5 Å². The van der Waals surface area contributed by atoms with Gasteiger partial charge in [0, 0.05) is 0 Å². The quantitative estimate of drug-likeness (QED) is 0.333. The van der Waals surface area contributed by atoms with Crippen molar-refractivity contribution >= 4 is 23.2 Å². The van der Waals surface area contributed by atoms with Crippen LogP contribution in [0.15, 0.2) is 0 Å². The number of rotatable bonds is 9. The van der Waals surface area contributed by atoms with E-state index in [1.54, 1.807) is 0 Å². The molecule has 0 aliphatic heterocycles. The first-order valence-corrected chi connectivity index (χ1v) is 5.19. The molecule has 0 rings (SSSR count). The van der Waals surface area contributed by atoms with Gasteiger partial charge < -0.3 is 11.5 Å². The van der Waals surface area contributed by atoms with Crippen molar-refractivity contribution in [3.8, 4) is 0 Å². The first-order chi connectivity index (χ1) is 7.45. The SMILES string of the molecule is N=C(CCCCCCC(=N)C(N)=O)C(N)=O. The number of nitrogens with two attached hydrogens (primary N) is 2. The molecule has 0 saturated carbocycles. The number of hydrogen-bond donors (Lipinski definition) is 4.